The van der Waals surface area contributed by atoms with Crippen LogP contribution in [0.5, 0.6) is 0 Å². The highest BCUT2D eigenvalue weighted by atomic mass is 19.4. The lowest BCUT2D eigenvalue weighted by Gasteiger charge is -2.37. The number of nitrogens with zero attached hydrogens (tertiary/aromatic N) is 1. The van der Waals surface area contributed by atoms with E-state index in [0.29, 0.717) is 4.90 Å². The number of amides is 1. The Kier molecular flexibility index (Phi) is 4.26. The maximum absolute atomic E-state index is 13.3. The third-order valence-electron chi connectivity index (χ3n) is 2.99. The summed E-state index contributed by atoms with van der Waals surface area (Å²) in [6, 6.07) is 0. The molecule has 0 aromatic heterocycles. The molecule has 0 radical (unpaired) electrons. The van der Waals surface area contributed by atoms with E-state index in [0.717, 1.165) is 7.11 Å². The number of hydrogen-bond acceptors (Lipinski definition) is 4. The van der Waals surface area contributed by atoms with Crippen LogP contribution in [-0.4, -0.2) is 47.9 Å². The van der Waals surface area contributed by atoms with Crippen LogP contribution in [0.1, 0.15) is 33.6 Å². The zero-order valence-electron chi connectivity index (χ0n) is 11.8. The molecular weight excluding hydrogens is 279 g/mol. The van der Waals surface area contributed by atoms with Crippen LogP contribution >= 0.6 is 0 Å². The Bertz CT molecular complexity index is 402. The van der Waals surface area contributed by atoms with E-state index >= 15 is 0 Å². The van der Waals surface area contributed by atoms with Gasteiger partial charge >= 0.3 is 18.2 Å². The van der Waals surface area contributed by atoms with Crippen molar-refractivity contribution in [3.05, 3.63) is 0 Å². The van der Waals surface area contributed by atoms with E-state index in [-0.39, 0.29) is 13.0 Å². The summed E-state index contributed by atoms with van der Waals surface area (Å²) >= 11 is 0. The molecule has 0 N–H and O–H groups in total. The second kappa shape index (κ2) is 5.14. The highest BCUT2D eigenvalue weighted by Gasteiger charge is 2.68. The van der Waals surface area contributed by atoms with Crippen molar-refractivity contribution in [1.29, 1.82) is 0 Å². The lowest BCUT2D eigenvalue weighted by Crippen LogP contribution is -2.63. The minimum atomic E-state index is -4.92. The van der Waals surface area contributed by atoms with Crippen molar-refractivity contribution in [2.24, 2.45) is 0 Å². The fourth-order valence-electron chi connectivity index (χ4n) is 2.17. The average Bonchev–Trinajstić information content (AvgIpc) is 2.70. The van der Waals surface area contributed by atoms with Gasteiger partial charge in [0.2, 0.25) is 5.54 Å². The number of alkyl halides is 3. The van der Waals surface area contributed by atoms with Crippen LogP contribution in [0, 0.1) is 0 Å². The maximum atomic E-state index is 13.3. The molecule has 116 valence electrons. The van der Waals surface area contributed by atoms with Crippen LogP contribution in [0.2, 0.25) is 0 Å². The summed E-state index contributed by atoms with van der Waals surface area (Å²) in [6.45, 7) is 4.40. The quantitative estimate of drug-likeness (QED) is 0.698. The second-order valence-electron chi connectivity index (χ2n) is 5.59. The topological polar surface area (TPSA) is 55.8 Å². The first-order valence-corrected chi connectivity index (χ1v) is 6.11. The Morgan fingerprint density at radius 3 is 2.15 bits per heavy atom. The Labute approximate surface area is 115 Å². The van der Waals surface area contributed by atoms with E-state index in [9.17, 15) is 22.8 Å². The number of methoxy groups -OCH3 is 1. The van der Waals surface area contributed by atoms with Gasteiger partial charge < -0.3 is 9.47 Å². The Morgan fingerprint density at radius 2 is 1.75 bits per heavy atom. The van der Waals surface area contributed by atoms with E-state index in [1.807, 2.05) is 0 Å². The molecule has 0 unspecified atom stereocenters. The Morgan fingerprint density at radius 1 is 1.20 bits per heavy atom. The van der Waals surface area contributed by atoms with Crippen LogP contribution < -0.4 is 0 Å². The fraction of sp³-hybridized carbons (Fsp3) is 0.833. The van der Waals surface area contributed by atoms with Crippen molar-refractivity contribution in [3.63, 3.8) is 0 Å². The number of carbonyl (C=O) groups is 2. The first-order valence-electron chi connectivity index (χ1n) is 6.11. The molecule has 1 fully saturated rings. The number of esters is 1. The molecule has 0 bridgehead atoms. The molecule has 0 aliphatic carbocycles. The van der Waals surface area contributed by atoms with Crippen molar-refractivity contribution in [3.8, 4) is 0 Å². The predicted octanol–water partition coefficient (Wildman–Crippen LogP) is 2.49. The van der Waals surface area contributed by atoms with E-state index in [4.69, 9.17) is 4.74 Å². The minimum Gasteiger partial charge on any atom is -0.467 e. The van der Waals surface area contributed by atoms with Gasteiger partial charge in [0.15, 0.2) is 0 Å². The average molecular weight is 297 g/mol. The number of ether oxygens (including phenoxy) is 2. The minimum absolute atomic E-state index is 0.0495. The van der Waals surface area contributed by atoms with Crippen LogP contribution in [0.4, 0.5) is 18.0 Å². The highest BCUT2D eigenvalue weighted by Crippen LogP contribution is 2.44. The Balaban J connectivity index is 3.17. The molecule has 1 heterocycles. The molecule has 1 aliphatic rings. The van der Waals surface area contributed by atoms with E-state index in [2.05, 4.69) is 4.74 Å². The number of hydrogen-bond donors (Lipinski definition) is 0. The predicted molar refractivity (Wildman–Crippen MR) is 63.0 cm³/mol. The van der Waals surface area contributed by atoms with Gasteiger partial charge in [-0.05, 0) is 33.6 Å². The zero-order valence-corrected chi connectivity index (χ0v) is 11.8. The molecule has 1 aliphatic heterocycles. The smallest absolute Gasteiger partial charge is 0.422 e. The standard InChI is InChI=1S/C12H18F3NO4/c1-10(2,3)20-9(18)16-7-5-6-11(16,8(17)19-4)12(13,14)15/h5-7H2,1-4H3/t11-/m1/s1. The first-order chi connectivity index (χ1) is 8.95. The molecule has 5 nitrogen and oxygen atoms in total. The summed E-state index contributed by atoms with van der Waals surface area (Å²) < 4.78 is 49.3. The molecule has 1 amide bonds. The highest BCUT2D eigenvalue weighted by molar-refractivity contribution is 5.87. The first kappa shape index (κ1) is 16.6. The van der Waals surface area contributed by atoms with Gasteiger partial charge in [-0.1, -0.05) is 0 Å². The molecule has 8 heteroatoms. The van der Waals surface area contributed by atoms with Crippen LogP contribution in [0.3, 0.4) is 0 Å². The molecule has 1 rings (SSSR count). The Hall–Kier alpha value is -1.47. The molecule has 1 saturated heterocycles. The van der Waals surface area contributed by atoms with Crippen LogP contribution in [0.15, 0.2) is 0 Å². The largest absolute Gasteiger partial charge is 0.467 e. The number of halogens is 3. The van der Waals surface area contributed by atoms with Crippen molar-refractivity contribution >= 4 is 12.1 Å². The third-order valence-corrected chi connectivity index (χ3v) is 2.99. The lowest BCUT2D eigenvalue weighted by atomic mass is 9.95. The van der Waals surface area contributed by atoms with Crippen molar-refractivity contribution in [2.75, 3.05) is 13.7 Å². The monoisotopic (exact) mass is 297 g/mol. The summed E-state index contributed by atoms with van der Waals surface area (Å²) in [5.74, 6) is -1.49. The summed E-state index contributed by atoms with van der Waals surface area (Å²) in [4.78, 5) is 24.0. The van der Waals surface area contributed by atoms with E-state index < -0.39 is 35.8 Å². The number of rotatable bonds is 1. The molecule has 20 heavy (non-hydrogen) atoms. The van der Waals surface area contributed by atoms with Gasteiger partial charge in [-0.2, -0.15) is 13.2 Å². The second-order valence-corrected chi connectivity index (χ2v) is 5.59. The number of likely N-dealkylation sites (tertiary alicyclic amines) is 1. The summed E-state index contributed by atoms with van der Waals surface area (Å²) in [5.41, 5.74) is -3.91. The van der Waals surface area contributed by atoms with Crippen molar-refractivity contribution in [1.82, 2.24) is 4.90 Å². The van der Waals surface area contributed by atoms with E-state index in [1.165, 1.54) is 20.8 Å². The third kappa shape index (κ3) is 2.83. The number of carbonyl (C=O) groups excluding carboxylic acids is 2. The van der Waals surface area contributed by atoms with Gasteiger partial charge in [-0.3, -0.25) is 4.90 Å². The molecule has 0 aromatic carbocycles. The van der Waals surface area contributed by atoms with Gasteiger partial charge in [-0.25, -0.2) is 9.59 Å². The summed E-state index contributed by atoms with van der Waals surface area (Å²) in [5, 5.41) is 0. The molecule has 0 aromatic rings. The normalized spacial score (nSPS) is 23.6. The van der Waals surface area contributed by atoms with Crippen LogP contribution in [0.25, 0.3) is 0 Å². The SMILES string of the molecule is COC(=O)[C@@]1(C(F)(F)F)CCCN1C(=O)OC(C)(C)C. The maximum Gasteiger partial charge on any atom is 0.422 e. The zero-order chi connectivity index (χ0) is 15.8. The fourth-order valence-corrected chi connectivity index (χ4v) is 2.17. The lowest BCUT2D eigenvalue weighted by molar-refractivity contribution is -0.228. The molecule has 0 spiro atoms. The van der Waals surface area contributed by atoms with Gasteiger partial charge in [-0.15, -0.1) is 0 Å². The summed E-state index contributed by atoms with van der Waals surface area (Å²) in [6.07, 6.45) is -6.57. The van der Waals surface area contributed by atoms with Gasteiger partial charge in [0.05, 0.1) is 7.11 Å². The van der Waals surface area contributed by atoms with Crippen molar-refractivity contribution in [2.45, 2.75) is 50.9 Å². The molecule has 1 atom stereocenters. The summed E-state index contributed by atoms with van der Waals surface area (Å²) in [7, 11) is 0.863. The van der Waals surface area contributed by atoms with Gasteiger partial charge in [0, 0.05) is 6.54 Å². The van der Waals surface area contributed by atoms with Gasteiger partial charge in [0.1, 0.15) is 5.60 Å². The van der Waals surface area contributed by atoms with Crippen molar-refractivity contribution < 1.29 is 32.2 Å². The van der Waals surface area contributed by atoms with Crippen LogP contribution in [-0.2, 0) is 14.3 Å². The van der Waals surface area contributed by atoms with Gasteiger partial charge in [0.25, 0.3) is 0 Å². The molecule has 0 saturated carbocycles. The molecular formula is C12H18F3NO4. The van der Waals surface area contributed by atoms with E-state index in [1.54, 1.807) is 0 Å².